The fourth-order valence-corrected chi connectivity index (χ4v) is 6.20. The van der Waals surface area contributed by atoms with Crippen LogP contribution in [0, 0.1) is 5.92 Å². The quantitative estimate of drug-likeness (QED) is 0.775. The number of piperidine rings is 1. The molecule has 0 saturated carbocycles. The summed E-state index contributed by atoms with van der Waals surface area (Å²) in [5.41, 5.74) is 1.05. The van der Waals surface area contributed by atoms with Crippen molar-refractivity contribution in [2.24, 2.45) is 5.92 Å². The molecule has 0 spiro atoms. The number of nitrogens with zero attached hydrogens (tertiary/aromatic N) is 2. The second-order valence-electron chi connectivity index (χ2n) is 6.54. The zero-order chi connectivity index (χ0) is 17.9. The van der Waals surface area contributed by atoms with E-state index in [2.05, 4.69) is 28.5 Å². The van der Waals surface area contributed by atoms with E-state index >= 15 is 0 Å². The standard InChI is InChI=1S/C17H25N3O2S3/c1-3-14-12-23-17(19-14)15-4-5-16(24-15)25(21,22)18-8-11-20-9-6-13(2)7-10-20/h4-5,12-13,18H,3,6-11H2,1-2H3. The van der Waals surface area contributed by atoms with Crippen molar-refractivity contribution in [2.75, 3.05) is 26.2 Å². The SMILES string of the molecule is CCc1csc(-c2ccc(S(=O)(=O)NCCN3CCC(C)CC3)s2)n1. The maximum atomic E-state index is 12.5. The number of thiazole rings is 1. The van der Waals surface area contributed by atoms with Crippen LogP contribution in [-0.4, -0.2) is 44.5 Å². The molecule has 0 unspecified atom stereocenters. The van der Waals surface area contributed by atoms with E-state index in [1.165, 1.54) is 24.2 Å². The third-order valence-corrected chi connectivity index (χ3v) is 8.67. The van der Waals surface area contributed by atoms with Gasteiger partial charge in [0.2, 0.25) is 10.0 Å². The molecule has 5 nitrogen and oxygen atoms in total. The van der Waals surface area contributed by atoms with Crippen molar-refractivity contribution in [1.29, 1.82) is 0 Å². The number of sulfonamides is 1. The zero-order valence-electron chi connectivity index (χ0n) is 14.7. The first-order chi connectivity index (χ1) is 12.0. The minimum Gasteiger partial charge on any atom is -0.302 e. The highest BCUT2D eigenvalue weighted by Gasteiger charge is 2.20. The Kier molecular flexibility index (Phi) is 6.27. The van der Waals surface area contributed by atoms with Gasteiger partial charge in [-0.2, -0.15) is 0 Å². The van der Waals surface area contributed by atoms with E-state index in [9.17, 15) is 8.42 Å². The summed E-state index contributed by atoms with van der Waals surface area (Å²) in [6.07, 6.45) is 3.30. The summed E-state index contributed by atoms with van der Waals surface area (Å²) in [7, 11) is -3.44. The van der Waals surface area contributed by atoms with E-state index in [0.29, 0.717) is 10.8 Å². The van der Waals surface area contributed by atoms with Gasteiger partial charge >= 0.3 is 0 Å². The zero-order valence-corrected chi connectivity index (χ0v) is 17.1. The minimum absolute atomic E-state index is 0.364. The van der Waals surface area contributed by atoms with Crippen LogP contribution in [0.2, 0.25) is 0 Å². The maximum absolute atomic E-state index is 12.5. The molecule has 2 aromatic heterocycles. The van der Waals surface area contributed by atoms with E-state index < -0.39 is 10.0 Å². The third-order valence-electron chi connectivity index (χ3n) is 4.57. The van der Waals surface area contributed by atoms with Gasteiger partial charge in [-0.05, 0) is 50.4 Å². The molecule has 25 heavy (non-hydrogen) atoms. The lowest BCUT2D eigenvalue weighted by atomic mass is 9.99. The van der Waals surface area contributed by atoms with Crippen molar-refractivity contribution in [2.45, 2.75) is 37.3 Å². The van der Waals surface area contributed by atoms with Crippen LogP contribution in [0.4, 0.5) is 0 Å². The molecule has 1 fully saturated rings. The Hall–Kier alpha value is -0.800. The fraction of sp³-hybridized carbons (Fsp3) is 0.588. The molecule has 1 N–H and O–H groups in total. The Morgan fingerprint density at radius 2 is 2.08 bits per heavy atom. The molecule has 3 rings (SSSR count). The van der Waals surface area contributed by atoms with Gasteiger partial charge in [0.15, 0.2) is 0 Å². The highest BCUT2D eigenvalue weighted by atomic mass is 32.2. The van der Waals surface area contributed by atoms with Gasteiger partial charge in [0.1, 0.15) is 9.22 Å². The molecular weight excluding hydrogens is 374 g/mol. The lowest BCUT2D eigenvalue weighted by Gasteiger charge is -2.30. The number of aromatic nitrogens is 1. The summed E-state index contributed by atoms with van der Waals surface area (Å²) >= 11 is 2.85. The third kappa shape index (κ3) is 4.89. The number of thiophene rings is 1. The molecule has 1 aliphatic rings. The molecule has 2 aromatic rings. The van der Waals surface area contributed by atoms with Crippen molar-refractivity contribution in [3.05, 3.63) is 23.2 Å². The predicted molar refractivity (Wildman–Crippen MR) is 105 cm³/mol. The second kappa shape index (κ2) is 8.26. The summed E-state index contributed by atoms with van der Waals surface area (Å²) < 4.78 is 28.1. The smallest absolute Gasteiger partial charge is 0.250 e. The Morgan fingerprint density at radius 1 is 1.32 bits per heavy atom. The lowest BCUT2D eigenvalue weighted by Crippen LogP contribution is -2.39. The molecule has 0 amide bonds. The van der Waals surface area contributed by atoms with Gasteiger partial charge in [-0.25, -0.2) is 18.1 Å². The van der Waals surface area contributed by atoms with Crippen LogP contribution in [0.5, 0.6) is 0 Å². The topological polar surface area (TPSA) is 62.3 Å². The highest BCUT2D eigenvalue weighted by Crippen LogP contribution is 2.32. The summed E-state index contributed by atoms with van der Waals surface area (Å²) in [4.78, 5) is 7.78. The molecule has 0 aromatic carbocycles. The molecule has 0 aliphatic carbocycles. The van der Waals surface area contributed by atoms with Crippen LogP contribution >= 0.6 is 22.7 Å². The first-order valence-electron chi connectivity index (χ1n) is 8.74. The van der Waals surface area contributed by atoms with Crippen LogP contribution < -0.4 is 4.72 Å². The Balaban J connectivity index is 1.57. The first kappa shape index (κ1) is 19.0. The van der Waals surface area contributed by atoms with Gasteiger partial charge in [0.25, 0.3) is 0 Å². The van der Waals surface area contributed by atoms with Gasteiger partial charge in [-0.15, -0.1) is 22.7 Å². The summed E-state index contributed by atoms with van der Waals surface area (Å²) in [6, 6.07) is 3.53. The molecule has 8 heteroatoms. The van der Waals surface area contributed by atoms with E-state index in [-0.39, 0.29) is 0 Å². The Labute approximate surface area is 158 Å². The van der Waals surface area contributed by atoms with Crippen molar-refractivity contribution < 1.29 is 8.42 Å². The number of nitrogens with one attached hydrogen (secondary N) is 1. The van der Waals surface area contributed by atoms with Gasteiger partial charge < -0.3 is 4.90 Å². The number of aryl methyl sites for hydroxylation is 1. The summed E-state index contributed by atoms with van der Waals surface area (Å²) in [5, 5.41) is 2.92. The molecule has 0 atom stereocenters. The largest absolute Gasteiger partial charge is 0.302 e. The second-order valence-corrected chi connectivity index (χ2v) is 10.5. The normalized spacial score (nSPS) is 17.2. The number of hydrogen-bond donors (Lipinski definition) is 1. The van der Waals surface area contributed by atoms with Gasteiger partial charge in [-0.1, -0.05) is 13.8 Å². The van der Waals surface area contributed by atoms with Crippen molar-refractivity contribution >= 4 is 32.7 Å². The first-order valence-corrected chi connectivity index (χ1v) is 11.9. The molecule has 0 radical (unpaired) electrons. The number of hydrogen-bond acceptors (Lipinski definition) is 6. The van der Waals surface area contributed by atoms with Gasteiger partial charge in [0, 0.05) is 18.5 Å². The van der Waals surface area contributed by atoms with Gasteiger partial charge in [-0.3, -0.25) is 0 Å². The van der Waals surface area contributed by atoms with Crippen LogP contribution in [0.1, 0.15) is 32.4 Å². The Bertz CT molecular complexity index is 790. The lowest BCUT2D eigenvalue weighted by molar-refractivity contribution is 0.195. The van der Waals surface area contributed by atoms with E-state index in [1.54, 1.807) is 17.4 Å². The van der Waals surface area contributed by atoms with Crippen LogP contribution in [0.15, 0.2) is 21.7 Å². The van der Waals surface area contributed by atoms with Crippen molar-refractivity contribution in [1.82, 2.24) is 14.6 Å². The predicted octanol–water partition coefficient (Wildman–Crippen LogP) is 3.44. The molecule has 0 bridgehead atoms. The van der Waals surface area contributed by atoms with E-state index in [4.69, 9.17) is 0 Å². The molecule has 1 saturated heterocycles. The van der Waals surface area contributed by atoms with Crippen LogP contribution in [0.25, 0.3) is 9.88 Å². The molecule has 3 heterocycles. The Morgan fingerprint density at radius 3 is 2.76 bits per heavy atom. The van der Waals surface area contributed by atoms with Crippen LogP contribution in [0.3, 0.4) is 0 Å². The number of likely N-dealkylation sites (tertiary alicyclic amines) is 1. The fourth-order valence-electron chi connectivity index (χ4n) is 2.86. The van der Waals surface area contributed by atoms with Gasteiger partial charge in [0.05, 0.1) is 10.6 Å². The van der Waals surface area contributed by atoms with E-state index in [1.807, 2.05) is 11.4 Å². The summed E-state index contributed by atoms with van der Waals surface area (Å²) in [6.45, 7) is 7.71. The highest BCUT2D eigenvalue weighted by molar-refractivity contribution is 7.91. The minimum atomic E-state index is -3.44. The van der Waals surface area contributed by atoms with E-state index in [0.717, 1.165) is 47.6 Å². The van der Waals surface area contributed by atoms with Crippen LogP contribution in [-0.2, 0) is 16.4 Å². The molecular formula is C17H25N3O2S3. The number of rotatable bonds is 7. The average Bonchev–Trinajstić information content (AvgIpc) is 3.25. The van der Waals surface area contributed by atoms with Crippen molar-refractivity contribution in [3.8, 4) is 9.88 Å². The maximum Gasteiger partial charge on any atom is 0.250 e. The average molecular weight is 400 g/mol. The molecule has 1 aliphatic heterocycles. The molecule has 138 valence electrons. The summed E-state index contributed by atoms with van der Waals surface area (Å²) in [5.74, 6) is 0.788. The van der Waals surface area contributed by atoms with Crippen molar-refractivity contribution in [3.63, 3.8) is 0 Å². The monoisotopic (exact) mass is 399 g/mol.